The van der Waals surface area contributed by atoms with Crippen LogP contribution >= 0.6 is 23.4 Å². The SMILES string of the molecule is O=C(CSCC(NC(=O)OCc1ccccc1)C(=O)O)Nc1ccc(Cl)cc1F. The number of thioether (sulfide) groups is 1. The third kappa shape index (κ3) is 8.00. The van der Waals surface area contributed by atoms with Crippen LogP contribution in [0.25, 0.3) is 0 Å². The van der Waals surface area contributed by atoms with E-state index in [1.54, 1.807) is 24.3 Å². The Kier molecular flexibility index (Phi) is 8.75. The predicted octanol–water partition coefficient (Wildman–Crippen LogP) is 3.53. The molecular formula is C19H18ClFN2O5S. The van der Waals surface area contributed by atoms with Crippen molar-refractivity contribution in [3.63, 3.8) is 0 Å². The second-order valence-electron chi connectivity index (χ2n) is 5.78. The zero-order valence-corrected chi connectivity index (χ0v) is 16.6. The third-order valence-electron chi connectivity index (χ3n) is 3.53. The maximum atomic E-state index is 13.7. The fourth-order valence-corrected chi connectivity index (χ4v) is 3.12. The van der Waals surface area contributed by atoms with Gasteiger partial charge in [-0.25, -0.2) is 14.0 Å². The standard InChI is InChI=1S/C19H18ClFN2O5S/c20-13-6-7-15(14(21)8-13)22-17(24)11-29-10-16(18(25)26)23-19(27)28-9-12-4-2-1-3-5-12/h1-8,16H,9-11H2,(H,22,24)(H,23,27)(H,25,26). The molecule has 29 heavy (non-hydrogen) atoms. The molecule has 2 amide bonds. The molecule has 0 saturated heterocycles. The number of ether oxygens (including phenoxy) is 1. The smallest absolute Gasteiger partial charge is 0.408 e. The van der Waals surface area contributed by atoms with E-state index in [4.69, 9.17) is 16.3 Å². The number of carbonyl (C=O) groups is 3. The number of carbonyl (C=O) groups excluding carboxylic acids is 2. The number of carboxylic acid groups (broad SMARTS) is 1. The lowest BCUT2D eigenvalue weighted by Gasteiger charge is -2.14. The zero-order valence-electron chi connectivity index (χ0n) is 15.1. The van der Waals surface area contributed by atoms with Gasteiger partial charge in [0.05, 0.1) is 11.4 Å². The van der Waals surface area contributed by atoms with Gasteiger partial charge in [-0.1, -0.05) is 41.9 Å². The molecule has 2 rings (SSSR count). The lowest BCUT2D eigenvalue weighted by Crippen LogP contribution is -2.43. The minimum atomic E-state index is -1.27. The van der Waals surface area contributed by atoms with Crippen LogP contribution in [-0.4, -0.2) is 40.6 Å². The van der Waals surface area contributed by atoms with E-state index in [0.717, 1.165) is 23.4 Å². The van der Waals surface area contributed by atoms with E-state index >= 15 is 0 Å². The normalized spacial score (nSPS) is 11.4. The Morgan fingerprint density at radius 1 is 1.17 bits per heavy atom. The monoisotopic (exact) mass is 440 g/mol. The number of carboxylic acids is 1. The minimum Gasteiger partial charge on any atom is -0.480 e. The first-order valence-corrected chi connectivity index (χ1v) is 9.91. The van der Waals surface area contributed by atoms with Crippen LogP contribution in [0.15, 0.2) is 48.5 Å². The molecule has 0 spiro atoms. The van der Waals surface area contributed by atoms with Crippen LogP contribution in [0.5, 0.6) is 0 Å². The molecule has 2 aromatic carbocycles. The molecule has 0 aliphatic heterocycles. The van der Waals surface area contributed by atoms with Gasteiger partial charge in [0.25, 0.3) is 0 Å². The highest BCUT2D eigenvalue weighted by molar-refractivity contribution is 8.00. The molecule has 7 nitrogen and oxygen atoms in total. The van der Waals surface area contributed by atoms with Gasteiger partial charge in [-0.15, -0.1) is 11.8 Å². The van der Waals surface area contributed by atoms with Crippen molar-refractivity contribution in [1.29, 1.82) is 0 Å². The Labute approximate surface area is 175 Å². The molecule has 1 atom stereocenters. The van der Waals surface area contributed by atoms with Crippen LogP contribution in [0, 0.1) is 5.82 Å². The molecule has 0 aromatic heterocycles. The molecule has 0 saturated carbocycles. The highest BCUT2D eigenvalue weighted by atomic mass is 35.5. The summed E-state index contributed by atoms with van der Waals surface area (Å²) in [5.74, 6) is -2.67. The summed E-state index contributed by atoms with van der Waals surface area (Å²) < 4.78 is 18.6. The maximum Gasteiger partial charge on any atom is 0.408 e. The number of rotatable bonds is 9. The molecule has 3 N–H and O–H groups in total. The molecule has 1 unspecified atom stereocenters. The van der Waals surface area contributed by atoms with Gasteiger partial charge in [0.15, 0.2) is 0 Å². The number of hydrogen-bond donors (Lipinski definition) is 3. The number of halogens is 2. The zero-order chi connectivity index (χ0) is 21.2. The van der Waals surface area contributed by atoms with Crippen molar-refractivity contribution < 1.29 is 28.6 Å². The summed E-state index contributed by atoms with van der Waals surface area (Å²) in [5.41, 5.74) is 0.729. The van der Waals surface area contributed by atoms with E-state index < -0.39 is 29.8 Å². The second-order valence-corrected chi connectivity index (χ2v) is 7.25. The number of nitrogens with one attached hydrogen (secondary N) is 2. The Hall–Kier alpha value is -2.78. The van der Waals surface area contributed by atoms with Gasteiger partial charge in [-0.05, 0) is 23.8 Å². The lowest BCUT2D eigenvalue weighted by molar-refractivity contribution is -0.138. The maximum absolute atomic E-state index is 13.7. The predicted molar refractivity (Wildman–Crippen MR) is 109 cm³/mol. The van der Waals surface area contributed by atoms with Crippen molar-refractivity contribution in [2.45, 2.75) is 12.6 Å². The molecule has 0 heterocycles. The lowest BCUT2D eigenvalue weighted by atomic mass is 10.2. The van der Waals surface area contributed by atoms with Gasteiger partial charge < -0.3 is 20.5 Å². The number of aliphatic carboxylic acids is 1. The quantitative estimate of drug-likeness (QED) is 0.551. The Bertz CT molecular complexity index is 869. The van der Waals surface area contributed by atoms with Crippen molar-refractivity contribution in [2.75, 3.05) is 16.8 Å². The number of anilines is 1. The molecule has 0 aliphatic carbocycles. The first-order chi connectivity index (χ1) is 13.8. The minimum absolute atomic E-state index is 0.00121. The van der Waals surface area contributed by atoms with E-state index in [2.05, 4.69) is 10.6 Å². The van der Waals surface area contributed by atoms with Crippen molar-refractivity contribution >= 4 is 47.0 Å². The summed E-state index contributed by atoms with van der Waals surface area (Å²) in [6.07, 6.45) is -0.880. The first-order valence-electron chi connectivity index (χ1n) is 8.38. The Balaban J connectivity index is 1.76. The van der Waals surface area contributed by atoms with Crippen LogP contribution < -0.4 is 10.6 Å². The highest BCUT2D eigenvalue weighted by Crippen LogP contribution is 2.19. The van der Waals surface area contributed by atoms with Crippen molar-refractivity contribution in [3.05, 3.63) is 64.9 Å². The summed E-state index contributed by atoms with van der Waals surface area (Å²) in [6.45, 7) is 0.00121. The second kappa shape index (κ2) is 11.3. The Morgan fingerprint density at radius 2 is 1.90 bits per heavy atom. The van der Waals surface area contributed by atoms with Crippen molar-refractivity contribution in [2.24, 2.45) is 0 Å². The highest BCUT2D eigenvalue weighted by Gasteiger charge is 2.21. The van der Waals surface area contributed by atoms with Gasteiger partial charge in [-0.3, -0.25) is 4.79 Å². The van der Waals surface area contributed by atoms with E-state index in [1.807, 2.05) is 6.07 Å². The van der Waals surface area contributed by atoms with Crippen molar-refractivity contribution in [3.8, 4) is 0 Å². The summed E-state index contributed by atoms with van der Waals surface area (Å²) in [4.78, 5) is 35.0. The largest absolute Gasteiger partial charge is 0.480 e. The number of hydrogen-bond acceptors (Lipinski definition) is 5. The van der Waals surface area contributed by atoms with E-state index in [0.29, 0.717) is 0 Å². The van der Waals surface area contributed by atoms with Crippen LogP contribution in [-0.2, 0) is 20.9 Å². The summed E-state index contributed by atoms with van der Waals surface area (Å²) in [6, 6.07) is 11.5. The van der Waals surface area contributed by atoms with Gasteiger partial charge in [0.2, 0.25) is 5.91 Å². The Morgan fingerprint density at radius 3 is 2.55 bits per heavy atom. The topological polar surface area (TPSA) is 105 Å². The van der Waals surface area contributed by atoms with E-state index in [9.17, 15) is 23.9 Å². The van der Waals surface area contributed by atoms with Crippen LogP contribution in [0.1, 0.15) is 5.56 Å². The molecular weight excluding hydrogens is 423 g/mol. The average Bonchev–Trinajstić information content (AvgIpc) is 2.68. The van der Waals surface area contributed by atoms with Gasteiger partial charge in [0.1, 0.15) is 18.5 Å². The molecule has 2 aromatic rings. The summed E-state index contributed by atoms with van der Waals surface area (Å²) >= 11 is 6.61. The molecule has 10 heteroatoms. The van der Waals surface area contributed by atoms with Crippen molar-refractivity contribution in [1.82, 2.24) is 5.32 Å². The number of benzene rings is 2. The molecule has 0 bridgehead atoms. The number of amides is 2. The average molecular weight is 441 g/mol. The number of alkyl carbamates (subject to hydrolysis) is 1. The fourth-order valence-electron chi connectivity index (χ4n) is 2.13. The van der Waals surface area contributed by atoms with Crippen LogP contribution in [0.3, 0.4) is 0 Å². The summed E-state index contributed by atoms with van der Waals surface area (Å²) in [7, 11) is 0. The van der Waals surface area contributed by atoms with Gasteiger partial charge >= 0.3 is 12.1 Å². The van der Waals surface area contributed by atoms with Gasteiger partial charge in [0, 0.05) is 10.8 Å². The van der Waals surface area contributed by atoms with Crippen LogP contribution in [0.2, 0.25) is 5.02 Å². The van der Waals surface area contributed by atoms with Gasteiger partial charge in [-0.2, -0.15) is 0 Å². The van der Waals surface area contributed by atoms with Crippen LogP contribution in [0.4, 0.5) is 14.9 Å². The summed E-state index contributed by atoms with van der Waals surface area (Å²) in [5, 5.41) is 14.0. The molecule has 154 valence electrons. The van der Waals surface area contributed by atoms with E-state index in [1.165, 1.54) is 12.1 Å². The third-order valence-corrected chi connectivity index (χ3v) is 4.80. The molecule has 0 fully saturated rings. The molecule has 0 radical (unpaired) electrons. The first kappa shape index (κ1) is 22.5. The van der Waals surface area contributed by atoms with E-state index in [-0.39, 0.29) is 28.8 Å². The fraction of sp³-hybridized carbons (Fsp3) is 0.211. The molecule has 0 aliphatic rings.